The first-order valence-electron chi connectivity index (χ1n) is 9.79. The number of rotatable bonds is 4. The maximum absolute atomic E-state index is 14.0. The van der Waals surface area contributed by atoms with Crippen LogP contribution in [0.4, 0.5) is 10.1 Å². The lowest BCUT2D eigenvalue weighted by Crippen LogP contribution is -2.36. The fourth-order valence-corrected chi connectivity index (χ4v) is 4.22. The maximum atomic E-state index is 14.0. The van der Waals surface area contributed by atoms with Gasteiger partial charge in [-0.2, -0.15) is 0 Å². The Kier molecular flexibility index (Phi) is 4.56. The Bertz CT molecular complexity index is 1090. The summed E-state index contributed by atoms with van der Waals surface area (Å²) in [5.41, 5.74) is 2.16. The van der Waals surface area contributed by atoms with Gasteiger partial charge in [0.2, 0.25) is 5.91 Å². The van der Waals surface area contributed by atoms with E-state index < -0.39 is 23.9 Å². The number of likely N-dealkylation sites (tertiary alicyclic amines) is 1. The third kappa shape index (κ3) is 3.06. The van der Waals surface area contributed by atoms with E-state index in [9.17, 15) is 14.0 Å². The van der Waals surface area contributed by atoms with Crippen molar-refractivity contribution in [1.29, 1.82) is 0 Å². The number of halogens is 1. The van der Waals surface area contributed by atoms with E-state index in [0.717, 1.165) is 5.56 Å². The monoisotopic (exact) mass is 402 g/mol. The summed E-state index contributed by atoms with van der Waals surface area (Å²) in [7, 11) is 0. The Labute approximate surface area is 173 Å². The highest BCUT2D eigenvalue weighted by molar-refractivity contribution is 6.07. The Morgan fingerprint density at radius 3 is 2.23 bits per heavy atom. The molecule has 30 heavy (non-hydrogen) atoms. The van der Waals surface area contributed by atoms with Crippen molar-refractivity contribution < 1.29 is 18.8 Å². The van der Waals surface area contributed by atoms with Gasteiger partial charge >= 0.3 is 0 Å². The van der Waals surface area contributed by atoms with Gasteiger partial charge in [0, 0.05) is 0 Å². The summed E-state index contributed by atoms with van der Waals surface area (Å²) in [6.45, 7) is 0.191. The van der Waals surface area contributed by atoms with Gasteiger partial charge in [-0.05, 0) is 35.4 Å². The summed E-state index contributed by atoms with van der Waals surface area (Å²) in [5, 5.41) is 1.57. The van der Waals surface area contributed by atoms with E-state index in [-0.39, 0.29) is 18.4 Å². The molecule has 2 fully saturated rings. The Morgan fingerprint density at radius 2 is 1.53 bits per heavy atom. The highest BCUT2D eigenvalue weighted by Crippen LogP contribution is 2.46. The molecule has 150 valence electrons. The highest BCUT2D eigenvalue weighted by atomic mass is 19.1. The number of carbonyl (C=O) groups excluding carboxylic acids is 2. The molecule has 0 aromatic heterocycles. The molecule has 3 aromatic carbocycles. The van der Waals surface area contributed by atoms with Crippen LogP contribution in [0.25, 0.3) is 0 Å². The number of para-hydroxylation sites is 1. The number of amides is 2. The quantitative estimate of drug-likeness (QED) is 0.622. The van der Waals surface area contributed by atoms with Gasteiger partial charge in [-0.15, -0.1) is 0 Å². The van der Waals surface area contributed by atoms with Crippen LogP contribution in [0.3, 0.4) is 0 Å². The van der Waals surface area contributed by atoms with E-state index in [1.54, 1.807) is 17.2 Å². The smallest absolute Gasteiger partial charge is 0.262 e. The zero-order valence-corrected chi connectivity index (χ0v) is 16.0. The lowest BCUT2D eigenvalue weighted by Gasteiger charge is -2.28. The second-order valence-corrected chi connectivity index (χ2v) is 7.46. The summed E-state index contributed by atoms with van der Waals surface area (Å²) < 4.78 is 14.0. The van der Waals surface area contributed by atoms with Crippen molar-refractivity contribution in [3.8, 4) is 0 Å². The van der Waals surface area contributed by atoms with E-state index >= 15 is 0 Å². The minimum Gasteiger partial charge on any atom is -0.275 e. The average Bonchev–Trinajstić information content (AvgIpc) is 3.27. The molecule has 5 rings (SSSR count). The lowest BCUT2D eigenvalue weighted by atomic mass is 9.90. The first-order chi connectivity index (χ1) is 14.6. The van der Waals surface area contributed by atoms with Crippen molar-refractivity contribution in [3.05, 3.63) is 102 Å². The molecule has 0 bridgehead atoms. The van der Waals surface area contributed by atoms with Crippen LogP contribution in [-0.2, 0) is 21.0 Å². The lowest BCUT2D eigenvalue weighted by molar-refractivity contribution is -0.143. The topological polar surface area (TPSA) is 49.9 Å². The summed E-state index contributed by atoms with van der Waals surface area (Å²) in [4.78, 5) is 33.7. The van der Waals surface area contributed by atoms with Crippen LogP contribution in [0.2, 0.25) is 0 Å². The number of anilines is 1. The first kappa shape index (κ1) is 18.5. The number of imide groups is 1. The van der Waals surface area contributed by atoms with Crippen molar-refractivity contribution in [2.24, 2.45) is 5.92 Å². The van der Waals surface area contributed by atoms with Crippen LogP contribution in [0.1, 0.15) is 17.2 Å². The van der Waals surface area contributed by atoms with Crippen LogP contribution in [0.15, 0.2) is 84.9 Å². The third-order valence-electron chi connectivity index (χ3n) is 5.59. The fourth-order valence-electron chi connectivity index (χ4n) is 4.22. The predicted molar refractivity (Wildman–Crippen MR) is 108 cm³/mol. The Morgan fingerprint density at radius 1 is 0.833 bits per heavy atom. The number of fused-ring (bicyclic) bond motifs is 1. The molecule has 3 atom stereocenters. The number of hydrogen-bond acceptors (Lipinski definition) is 4. The van der Waals surface area contributed by atoms with E-state index in [4.69, 9.17) is 4.84 Å². The van der Waals surface area contributed by atoms with Crippen molar-refractivity contribution in [2.45, 2.75) is 18.7 Å². The van der Waals surface area contributed by atoms with Crippen molar-refractivity contribution in [1.82, 2.24) is 4.90 Å². The van der Waals surface area contributed by atoms with Gasteiger partial charge in [-0.25, -0.2) is 9.45 Å². The minimum absolute atomic E-state index is 0.191. The van der Waals surface area contributed by atoms with Crippen LogP contribution >= 0.6 is 0 Å². The largest absolute Gasteiger partial charge is 0.275 e. The molecule has 0 radical (unpaired) electrons. The molecule has 0 saturated carbocycles. The molecule has 2 aliphatic rings. The van der Waals surface area contributed by atoms with Crippen LogP contribution < -0.4 is 5.06 Å². The van der Waals surface area contributed by atoms with Crippen molar-refractivity contribution in [3.63, 3.8) is 0 Å². The molecule has 3 aromatic rings. The number of hydroxylamine groups is 1. The Hall–Kier alpha value is -3.51. The second kappa shape index (κ2) is 7.39. The zero-order valence-electron chi connectivity index (χ0n) is 16.0. The molecule has 0 aliphatic carbocycles. The van der Waals surface area contributed by atoms with Crippen LogP contribution in [0.5, 0.6) is 0 Å². The molecular formula is C24H19FN2O3. The van der Waals surface area contributed by atoms with Gasteiger partial charge in [-0.1, -0.05) is 60.7 Å². The van der Waals surface area contributed by atoms with Gasteiger partial charge in [0.1, 0.15) is 11.7 Å². The van der Waals surface area contributed by atoms with Gasteiger partial charge in [0.05, 0.1) is 18.3 Å². The third-order valence-corrected chi connectivity index (χ3v) is 5.59. The highest BCUT2D eigenvalue weighted by Gasteiger charge is 2.59. The molecule has 0 N–H and O–H groups in total. The summed E-state index contributed by atoms with van der Waals surface area (Å²) in [6.07, 6.45) is -0.935. The van der Waals surface area contributed by atoms with Gasteiger partial charge < -0.3 is 0 Å². The number of nitrogens with zero attached hydrogens (tertiary/aromatic N) is 2. The average molecular weight is 402 g/mol. The second-order valence-electron chi connectivity index (χ2n) is 7.46. The molecule has 2 saturated heterocycles. The molecule has 2 heterocycles. The van der Waals surface area contributed by atoms with Gasteiger partial charge in [0.25, 0.3) is 5.91 Å². The van der Waals surface area contributed by atoms with E-state index in [1.807, 2.05) is 60.7 Å². The van der Waals surface area contributed by atoms with Crippen LogP contribution in [-0.4, -0.2) is 22.8 Å². The summed E-state index contributed by atoms with van der Waals surface area (Å²) in [5.74, 6) is -1.82. The summed E-state index contributed by atoms with van der Waals surface area (Å²) >= 11 is 0. The normalized spacial score (nSPS) is 23.2. The number of benzene rings is 3. The van der Waals surface area contributed by atoms with E-state index in [1.165, 1.54) is 17.0 Å². The Balaban J connectivity index is 1.53. The number of carbonyl (C=O) groups is 2. The number of hydrogen-bond donors (Lipinski definition) is 0. The van der Waals surface area contributed by atoms with Crippen LogP contribution in [0, 0.1) is 11.7 Å². The summed E-state index contributed by atoms with van der Waals surface area (Å²) in [6, 6.07) is 24.1. The fraction of sp³-hybridized carbons (Fsp3) is 0.167. The molecule has 2 amide bonds. The molecule has 5 nitrogen and oxygen atoms in total. The van der Waals surface area contributed by atoms with Crippen molar-refractivity contribution >= 4 is 17.5 Å². The van der Waals surface area contributed by atoms with Crippen molar-refractivity contribution in [2.75, 3.05) is 5.06 Å². The standard InChI is InChI=1S/C24H19FN2O3/c25-18-11-7-10-17(14-18)21-20-22(30-27(21)19-12-5-2-6-13-19)24(29)26(23(20)28)15-16-8-3-1-4-9-16/h1-14,20-22H,15H2/t20-,21+,22-/m1/s1. The molecule has 2 aliphatic heterocycles. The molecule has 6 heteroatoms. The van der Waals surface area contributed by atoms with E-state index in [0.29, 0.717) is 11.3 Å². The van der Waals surface area contributed by atoms with Gasteiger partial charge in [0.15, 0.2) is 6.10 Å². The minimum atomic E-state index is -0.935. The van der Waals surface area contributed by atoms with E-state index in [2.05, 4.69) is 0 Å². The molecule has 0 unspecified atom stereocenters. The maximum Gasteiger partial charge on any atom is 0.262 e. The molecular weight excluding hydrogens is 383 g/mol. The SMILES string of the molecule is O=C1[C@H]2[C@@H](ON(c3ccccc3)[C@H]2c2cccc(F)c2)C(=O)N1Cc1ccccc1. The first-order valence-corrected chi connectivity index (χ1v) is 9.79. The van der Waals surface area contributed by atoms with Gasteiger partial charge in [-0.3, -0.25) is 19.3 Å². The molecule has 0 spiro atoms. The zero-order chi connectivity index (χ0) is 20.7. The predicted octanol–water partition coefficient (Wildman–Crippen LogP) is 3.87.